The minimum atomic E-state index is 0.376. The zero-order valence-corrected chi connectivity index (χ0v) is 12.1. The van der Waals surface area contributed by atoms with E-state index in [4.69, 9.17) is 0 Å². The third-order valence-corrected chi connectivity index (χ3v) is 3.56. The molecule has 19 heavy (non-hydrogen) atoms. The Balaban J connectivity index is 1.94. The van der Waals surface area contributed by atoms with Crippen LogP contribution in [0.3, 0.4) is 0 Å². The van der Waals surface area contributed by atoms with E-state index in [-0.39, 0.29) is 0 Å². The molecule has 100 valence electrons. The fourth-order valence-corrected chi connectivity index (χ4v) is 2.15. The first-order valence-electron chi connectivity index (χ1n) is 7.04. The van der Waals surface area contributed by atoms with Gasteiger partial charge in [0.2, 0.25) is 0 Å². The maximum absolute atomic E-state index is 3.56. The van der Waals surface area contributed by atoms with Crippen LogP contribution in [-0.4, -0.2) is 0 Å². The van der Waals surface area contributed by atoms with Crippen LogP contribution in [0.15, 0.2) is 54.6 Å². The van der Waals surface area contributed by atoms with E-state index in [0.717, 1.165) is 6.54 Å². The molecular formula is C18H23N. The predicted octanol–water partition coefficient (Wildman–Crippen LogP) is 4.66. The monoisotopic (exact) mass is 253 g/mol. The fourth-order valence-electron chi connectivity index (χ4n) is 2.15. The predicted molar refractivity (Wildman–Crippen MR) is 82.2 cm³/mol. The van der Waals surface area contributed by atoms with E-state index in [2.05, 4.69) is 80.7 Å². The van der Waals surface area contributed by atoms with E-state index in [0.29, 0.717) is 12.0 Å². The van der Waals surface area contributed by atoms with E-state index < -0.39 is 0 Å². The standard InChI is InChI=1S/C18H23N/c1-14(2)17-9-11-18(12-10-17)15(3)19-13-16-7-5-4-6-8-16/h4-12,14-15,19H,13H2,1-3H3. The van der Waals surface area contributed by atoms with E-state index in [1.54, 1.807) is 0 Å². The SMILES string of the molecule is CC(C)c1ccc(C(C)NCc2ccccc2)cc1. The summed E-state index contributed by atoms with van der Waals surface area (Å²) in [7, 11) is 0. The van der Waals surface area contributed by atoms with Gasteiger partial charge in [-0.3, -0.25) is 0 Å². The van der Waals surface area contributed by atoms with Crippen molar-refractivity contribution in [3.05, 3.63) is 71.3 Å². The zero-order valence-electron chi connectivity index (χ0n) is 12.1. The molecule has 0 amide bonds. The summed E-state index contributed by atoms with van der Waals surface area (Å²) < 4.78 is 0. The number of hydrogen-bond acceptors (Lipinski definition) is 1. The molecule has 0 aliphatic carbocycles. The molecule has 0 heterocycles. The Kier molecular flexibility index (Phi) is 4.75. The quantitative estimate of drug-likeness (QED) is 0.817. The Labute approximate surface area is 116 Å². The average Bonchev–Trinajstić information content (AvgIpc) is 2.46. The normalized spacial score (nSPS) is 12.6. The molecule has 1 nitrogen and oxygen atoms in total. The summed E-state index contributed by atoms with van der Waals surface area (Å²) in [6.45, 7) is 7.58. The second kappa shape index (κ2) is 6.53. The van der Waals surface area contributed by atoms with Crippen LogP contribution in [0.5, 0.6) is 0 Å². The van der Waals surface area contributed by atoms with Gasteiger partial charge in [-0.05, 0) is 29.5 Å². The van der Waals surface area contributed by atoms with Crippen molar-refractivity contribution in [3.63, 3.8) is 0 Å². The molecule has 1 unspecified atom stereocenters. The summed E-state index contributed by atoms with van der Waals surface area (Å²) in [6.07, 6.45) is 0. The van der Waals surface area contributed by atoms with E-state index in [1.807, 2.05) is 0 Å². The van der Waals surface area contributed by atoms with Gasteiger partial charge in [0.25, 0.3) is 0 Å². The Hall–Kier alpha value is -1.60. The van der Waals surface area contributed by atoms with Crippen molar-refractivity contribution >= 4 is 0 Å². The molecule has 1 atom stereocenters. The van der Waals surface area contributed by atoms with Gasteiger partial charge in [-0.25, -0.2) is 0 Å². The van der Waals surface area contributed by atoms with Gasteiger partial charge in [-0.15, -0.1) is 0 Å². The Morgan fingerprint density at radius 2 is 1.37 bits per heavy atom. The maximum atomic E-state index is 3.56. The molecule has 0 saturated carbocycles. The van der Waals surface area contributed by atoms with E-state index in [1.165, 1.54) is 16.7 Å². The van der Waals surface area contributed by atoms with Crippen molar-refractivity contribution in [1.82, 2.24) is 5.32 Å². The summed E-state index contributed by atoms with van der Waals surface area (Å²) in [5, 5.41) is 3.56. The molecule has 1 heteroatoms. The van der Waals surface area contributed by atoms with Crippen LogP contribution < -0.4 is 5.32 Å². The summed E-state index contributed by atoms with van der Waals surface area (Å²) in [4.78, 5) is 0. The number of hydrogen-bond donors (Lipinski definition) is 1. The molecule has 2 aromatic carbocycles. The lowest BCUT2D eigenvalue weighted by Gasteiger charge is -2.15. The summed E-state index contributed by atoms with van der Waals surface area (Å²) >= 11 is 0. The van der Waals surface area contributed by atoms with Crippen LogP contribution in [0.1, 0.15) is 49.4 Å². The minimum Gasteiger partial charge on any atom is -0.306 e. The van der Waals surface area contributed by atoms with Gasteiger partial charge in [0, 0.05) is 12.6 Å². The third kappa shape index (κ3) is 3.93. The highest BCUT2D eigenvalue weighted by atomic mass is 14.9. The molecular weight excluding hydrogens is 230 g/mol. The molecule has 0 fully saturated rings. The highest BCUT2D eigenvalue weighted by Gasteiger charge is 2.05. The van der Waals surface area contributed by atoms with Crippen molar-refractivity contribution in [2.24, 2.45) is 0 Å². The van der Waals surface area contributed by atoms with Crippen LogP contribution >= 0.6 is 0 Å². The summed E-state index contributed by atoms with van der Waals surface area (Å²) in [6, 6.07) is 19.8. The second-order valence-electron chi connectivity index (χ2n) is 5.41. The van der Waals surface area contributed by atoms with Crippen LogP contribution in [0.4, 0.5) is 0 Å². The van der Waals surface area contributed by atoms with E-state index >= 15 is 0 Å². The van der Waals surface area contributed by atoms with Gasteiger partial charge in [0.1, 0.15) is 0 Å². The molecule has 2 aromatic rings. The molecule has 2 rings (SSSR count). The fraction of sp³-hybridized carbons (Fsp3) is 0.333. The van der Waals surface area contributed by atoms with Gasteiger partial charge >= 0.3 is 0 Å². The number of rotatable bonds is 5. The first kappa shape index (κ1) is 13.8. The number of benzene rings is 2. The Morgan fingerprint density at radius 1 is 0.789 bits per heavy atom. The van der Waals surface area contributed by atoms with E-state index in [9.17, 15) is 0 Å². The molecule has 0 bridgehead atoms. The third-order valence-electron chi connectivity index (χ3n) is 3.56. The lowest BCUT2D eigenvalue weighted by Crippen LogP contribution is -2.18. The van der Waals surface area contributed by atoms with Crippen molar-refractivity contribution in [3.8, 4) is 0 Å². The maximum Gasteiger partial charge on any atom is 0.0294 e. The summed E-state index contributed by atoms with van der Waals surface area (Å²) in [5.74, 6) is 0.599. The molecule has 0 aliphatic heterocycles. The first-order valence-corrected chi connectivity index (χ1v) is 7.04. The minimum absolute atomic E-state index is 0.376. The highest BCUT2D eigenvalue weighted by molar-refractivity contribution is 5.26. The Morgan fingerprint density at radius 3 is 1.95 bits per heavy atom. The van der Waals surface area contributed by atoms with Crippen LogP contribution in [0.2, 0.25) is 0 Å². The largest absolute Gasteiger partial charge is 0.306 e. The average molecular weight is 253 g/mol. The van der Waals surface area contributed by atoms with Gasteiger partial charge in [-0.2, -0.15) is 0 Å². The molecule has 0 aromatic heterocycles. The Bertz CT molecular complexity index is 485. The number of nitrogens with one attached hydrogen (secondary N) is 1. The zero-order chi connectivity index (χ0) is 13.7. The first-order chi connectivity index (χ1) is 9.16. The van der Waals surface area contributed by atoms with Gasteiger partial charge < -0.3 is 5.32 Å². The smallest absolute Gasteiger partial charge is 0.0294 e. The van der Waals surface area contributed by atoms with Crippen molar-refractivity contribution in [1.29, 1.82) is 0 Å². The van der Waals surface area contributed by atoms with Gasteiger partial charge in [0.05, 0.1) is 0 Å². The molecule has 0 saturated heterocycles. The van der Waals surface area contributed by atoms with Crippen molar-refractivity contribution in [2.45, 2.75) is 39.3 Å². The lowest BCUT2D eigenvalue weighted by molar-refractivity contribution is 0.574. The molecule has 0 radical (unpaired) electrons. The molecule has 0 aliphatic rings. The van der Waals surface area contributed by atoms with Crippen LogP contribution in [0.25, 0.3) is 0 Å². The second-order valence-corrected chi connectivity index (χ2v) is 5.41. The van der Waals surface area contributed by atoms with Crippen molar-refractivity contribution < 1.29 is 0 Å². The summed E-state index contributed by atoms with van der Waals surface area (Å²) in [5.41, 5.74) is 4.08. The highest BCUT2D eigenvalue weighted by Crippen LogP contribution is 2.18. The topological polar surface area (TPSA) is 12.0 Å². The van der Waals surface area contributed by atoms with Gasteiger partial charge in [-0.1, -0.05) is 68.4 Å². The van der Waals surface area contributed by atoms with Crippen LogP contribution in [-0.2, 0) is 6.54 Å². The van der Waals surface area contributed by atoms with Gasteiger partial charge in [0.15, 0.2) is 0 Å². The van der Waals surface area contributed by atoms with Crippen LogP contribution in [0, 0.1) is 0 Å². The molecule has 1 N–H and O–H groups in total. The lowest BCUT2D eigenvalue weighted by atomic mass is 9.99. The van der Waals surface area contributed by atoms with Crippen molar-refractivity contribution in [2.75, 3.05) is 0 Å². The molecule has 0 spiro atoms.